The maximum Gasteiger partial charge on any atom is 0.320 e. The molecule has 0 saturated heterocycles. The lowest BCUT2D eigenvalue weighted by Gasteiger charge is -2.02. The molecule has 11 nitrogen and oxygen atoms in total. The minimum Gasteiger partial charge on any atom is -0.369 e. The lowest BCUT2D eigenvalue weighted by Crippen LogP contribution is -2.25. The number of pyridine rings is 1. The minimum atomic E-state index is -3.96. The number of nitrogens with two attached hydrogens (primary N) is 4. The summed E-state index contributed by atoms with van der Waals surface area (Å²) in [7, 11) is -7.63. The van der Waals surface area contributed by atoms with Gasteiger partial charge >= 0.3 is 10.2 Å². The molecule has 0 aliphatic rings. The van der Waals surface area contributed by atoms with Crippen LogP contribution in [0.15, 0.2) is 28.9 Å². The monoisotopic (exact) mass is 311 g/mol. The molecular formula is C6H13N7O4S2. The fraction of sp³-hybridized carbons (Fsp3) is 0. The molecule has 19 heavy (non-hydrogen) atoms. The van der Waals surface area contributed by atoms with Gasteiger partial charge in [-0.15, -0.1) is 4.40 Å². The molecular weight excluding hydrogens is 298 g/mol. The van der Waals surface area contributed by atoms with E-state index in [-0.39, 0.29) is 5.96 Å². The number of hydrogen-bond acceptors (Lipinski definition) is 5. The van der Waals surface area contributed by atoms with Crippen LogP contribution in [0.2, 0.25) is 0 Å². The maximum atomic E-state index is 10.5. The van der Waals surface area contributed by atoms with Crippen LogP contribution in [0.5, 0.6) is 0 Å². The summed E-state index contributed by atoms with van der Waals surface area (Å²) < 4.78 is 42.4. The highest BCUT2D eigenvalue weighted by atomic mass is 32.2. The molecule has 0 fully saturated rings. The van der Waals surface area contributed by atoms with Gasteiger partial charge in [-0.25, -0.2) is 15.4 Å². The van der Waals surface area contributed by atoms with Gasteiger partial charge in [0.15, 0.2) is 0 Å². The van der Waals surface area contributed by atoms with E-state index in [1.165, 1.54) is 6.20 Å². The number of nitrogens with zero attached hydrogens (tertiary/aromatic N) is 2. The van der Waals surface area contributed by atoms with Crippen molar-refractivity contribution in [3.05, 3.63) is 24.5 Å². The Kier molecular flexibility index (Phi) is 6.30. The Hall–Kier alpha value is -1.80. The fourth-order valence-corrected chi connectivity index (χ4v) is 1.06. The van der Waals surface area contributed by atoms with Crippen LogP contribution < -0.4 is 26.5 Å². The first-order valence-electron chi connectivity index (χ1n) is 4.33. The summed E-state index contributed by atoms with van der Waals surface area (Å²) >= 11 is 0. The fourth-order valence-electron chi connectivity index (χ4n) is 0.744. The highest BCUT2D eigenvalue weighted by Gasteiger charge is 2.00. The Morgan fingerprint density at radius 3 is 2.11 bits per heavy atom. The van der Waals surface area contributed by atoms with Crippen molar-refractivity contribution in [3.8, 4) is 0 Å². The zero-order chi connectivity index (χ0) is 15.1. The van der Waals surface area contributed by atoms with Gasteiger partial charge in [0.25, 0.3) is 10.2 Å². The second-order valence-corrected chi connectivity index (χ2v) is 5.34. The molecule has 0 spiro atoms. The number of aromatic nitrogens is 1. The van der Waals surface area contributed by atoms with Crippen molar-refractivity contribution in [1.29, 1.82) is 0 Å². The van der Waals surface area contributed by atoms with E-state index < -0.39 is 20.4 Å². The van der Waals surface area contributed by atoms with Crippen molar-refractivity contribution in [2.45, 2.75) is 0 Å². The van der Waals surface area contributed by atoms with Crippen molar-refractivity contribution < 1.29 is 16.8 Å². The molecule has 0 aromatic carbocycles. The van der Waals surface area contributed by atoms with Gasteiger partial charge in [0.2, 0.25) is 5.96 Å². The summed E-state index contributed by atoms with van der Waals surface area (Å²) in [5.74, 6) is -0.305. The van der Waals surface area contributed by atoms with Gasteiger partial charge in [-0.3, -0.25) is 4.98 Å². The average Bonchev–Trinajstić information content (AvgIpc) is 2.12. The molecule has 0 aliphatic carbocycles. The number of hydrogen-bond donors (Lipinski definition) is 5. The predicted molar refractivity (Wildman–Crippen MR) is 69.9 cm³/mol. The number of nitrogens with one attached hydrogen (secondary N) is 1. The largest absolute Gasteiger partial charge is 0.369 e. The normalized spacial score (nSPS) is 12.3. The molecule has 0 atom stereocenters. The molecule has 9 N–H and O–H groups in total. The van der Waals surface area contributed by atoms with Crippen LogP contribution in [-0.2, 0) is 20.4 Å². The molecule has 1 aromatic rings. The van der Waals surface area contributed by atoms with Gasteiger partial charge in [0.05, 0.1) is 11.9 Å². The quantitative estimate of drug-likeness (QED) is 0.285. The third-order valence-corrected chi connectivity index (χ3v) is 1.61. The number of rotatable bonds is 2. The lowest BCUT2D eigenvalue weighted by molar-refractivity contribution is 0.597. The molecule has 1 heterocycles. The Morgan fingerprint density at radius 1 is 1.21 bits per heavy atom. The lowest BCUT2D eigenvalue weighted by atomic mass is 10.4. The predicted octanol–water partition coefficient (Wildman–Crippen LogP) is -2.84. The molecule has 1 rings (SSSR count). The van der Waals surface area contributed by atoms with E-state index in [1.807, 2.05) is 0 Å². The molecule has 1 aromatic heterocycles. The van der Waals surface area contributed by atoms with Crippen LogP contribution in [0.1, 0.15) is 0 Å². The summed E-state index contributed by atoms with van der Waals surface area (Å²) in [6.45, 7) is 0. The first-order chi connectivity index (χ1) is 8.47. The second kappa shape index (κ2) is 6.95. The van der Waals surface area contributed by atoms with Crippen molar-refractivity contribution in [2.24, 2.45) is 25.5 Å². The standard InChI is InChI=1S/C6H9N5O2S.H4N2O2S/c7-6(11-14(8,12)13)10-5-2-1-3-9-4-5;1-5(2,3)4/h1-4H,(H3,7,10,11)(H2,8,12,13);(H4,1,2,3,4). The van der Waals surface area contributed by atoms with E-state index in [1.54, 1.807) is 18.3 Å². The zero-order valence-corrected chi connectivity index (χ0v) is 11.1. The summed E-state index contributed by atoms with van der Waals surface area (Å²) in [6.07, 6.45) is 3.03. The van der Waals surface area contributed by atoms with E-state index >= 15 is 0 Å². The maximum absolute atomic E-state index is 10.5. The minimum absolute atomic E-state index is 0.305. The zero-order valence-electron chi connectivity index (χ0n) is 9.46. The smallest absolute Gasteiger partial charge is 0.320 e. The average molecular weight is 311 g/mol. The van der Waals surface area contributed by atoms with Gasteiger partial charge in [-0.1, -0.05) is 0 Å². The Balaban J connectivity index is 0.000000555. The molecule has 108 valence electrons. The summed E-state index contributed by atoms with van der Waals surface area (Å²) in [6, 6.07) is 3.31. The third kappa shape index (κ3) is 14.1. The van der Waals surface area contributed by atoms with Crippen LogP contribution in [0.3, 0.4) is 0 Å². The molecule has 0 saturated carbocycles. The van der Waals surface area contributed by atoms with Gasteiger partial charge in [0.1, 0.15) is 0 Å². The van der Waals surface area contributed by atoms with Gasteiger partial charge in [0, 0.05) is 6.20 Å². The summed E-state index contributed by atoms with van der Waals surface area (Å²) in [5, 5.41) is 15.4. The highest BCUT2D eigenvalue weighted by Crippen LogP contribution is 2.01. The van der Waals surface area contributed by atoms with Gasteiger partial charge < -0.3 is 11.1 Å². The Bertz CT molecular complexity index is 617. The van der Waals surface area contributed by atoms with Crippen LogP contribution >= 0.6 is 0 Å². The van der Waals surface area contributed by atoms with Crippen molar-refractivity contribution in [3.63, 3.8) is 0 Å². The van der Waals surface area contributed by atoms with E-state index in [2.05, 4.69) is 30.1 Å². The van der Waals surface area contributed by atoms with Gasteiger partial charge in [-0.2, -0.15) is 16.8 Å². The van der Waals surface area contributed by atoms with Crippen LogP contribution in [0.4, 0.5) is 5.69 Å². The summed E-state index contributed by atoms with van der Waals surface area (Å²) in [4.78, 5) is 3.78. The van der Waals surface area contributed by atoms with E-state index in [9.17, 15) is 16.8 Å². The summed E-state index contributed by atoms with van der Waals surface area (Å²) in [5.41, 5.74) is 5.77. The highest BCUT2D eigenvalue weighted by molar-refractivity contribution is 7.88. The second-order valence-electron chi connectivity index (χ2n) is 2.95. The molecule has 0 bridgehead atoms. The Morgan fingerprint density at radius 2 is 1.74 bits per heavy atom. The van der Waals surface area contributed by atoms with E-state index in [0.717, 1.165) is 0 Å². The van der Waals surface area contributed by atoms with Crippen molar-refractivity contribution in [2.75, 3.05) is 5.32 Å². The third-order valence-electron chi connectivity index (χ3n) is 1.16. The molecule has 0 radical (unpaired) electrons. The molecule has 0 aliphatic heterocycles. The Labute approximate surface area is 110 Å². The number of guanidine groups is 1. The van der Waals surface area contributed by atoms with Crippen LogP contribution in [0.25, 0.3) is 0 Å². The van der Waals surface area contributed by atoms with E-state index in [0.29, 0.717) is 5.69 Å². The topological polar surface area (TPSA) is 210 Å². The van der Waals surface area contributed by atoms with E-state index in [4.69, 9.17) is 5.73 Å². The SMILES string of the molecule is NC(=NS(N)(=O)=O)Nc1cccnc1.NS(N)(=O)=O. The first kappa shape index (κ1) is 17.2. The number of anilines is 1. The first-order valence-corrected chi connectivity index (χ1v) is 7.44. The molecule has 0 amide bonds. The van der Waals surface area contributed by atoms with Crippen LogP contribution in [-0.4, -0.2) is 27.8 Å². The van der Waals surface area contributed by atoms with Crippen molar-refractivity contribution >= 4 is 32.1 Å². The molecule has 13 heteroatoms. The molecule has 0 unspecified atom stereocenters. The van der Waals surface area contributed by atoms with Crippen LogP contribution in [0, 0.1) is 0 Å². The van der Waals surface area contributed by atoms with Gasteiger partial charge in [-0.05, 0) is 12.1 Å². The van der Waals surface area contributed by atoms with Crippen molar-refractivity contribution in [1.82, 2.24) is 4.98 Å².